The van der Waals surface area contributed by atoms with Crippen LogP contribution in [0.4, 0.5) is 4.79 Å². The van der Waals surface area contributed by atoms with Crippen LogP contribution in [-0.4, -0.2) is 60.5 Å². The second-order valence-corrected chi connectivity index (χ2v) is 6.07. The van der Waals surface area contributed by atoms with Gasteiger partial charge in [0, 0.05) is 6.54 Å². The number of hydrogen-bond acceptors (Lipinski definition) is 7. The maximum atomic E-state index is 11.9. The van der Waals surface area contributed by atoms with Crippen LogP contribution in [0.15, 0.2) is 0 Å². The maximum absolute atomic E-state index is 11.9. The molecule has 0 heterocycles. The molecule has 0 bridgehead atoms. The van der Waals surface area contributed by atoms with Gasteiger partial charge in [-0.3, -0.25) is 4.79 Å². The fourth-order valence-corrected chi connectivity index (χ4v) is 1.54. The summed E-state index contributed by atoms with van der Waals surface area (Å²) >= 11 is 0. The number of amides is 2. The van der Waals surface area contributed by atoms with Gasteiger partial charge in [0.1, 0.15) is 5.60 Å². The van der Waals surface area contributed by atoms with Gasteiger partial charge in [0.25, 0.3) is 0 Å². The van der Waals surface area contributed by atoms with Crippen molar-refractivity contribution in [1.29, 1.82) is 0 Å². The van der Waals surface area contributed by atoms with Crippen molar-refractivity contribution >= 4 is 18.0 Å². The van der Waals surface area contributed by atoms with Crippen LogP contribution in [0, 0.1) is 0 Å². The molecule has 0 aliphatic heterocycles. The van der Waals surface area contributed by atoms with Crippen LogP contribution in [0.2, 0.25) is 0 Å². The second-order valence-electron chi connectivity index (χ2n) is 6.07. The standard InChI is InChI=1S/C14H27N3O6/c1-8(18)10(12(20)22-5)17-11(19)9(15)6-7-16-13(21)23-14(2,3)4/h8-10,18H,6-7,15H2,1-5H3,(H,16,21)(H,17,19)/t8-,9+,10+/m1/s1. The quantitative estimate of drug-likeness (QED) is 0.450. The van der Waals surface area contributed by atoms with E-state index in [0.717, 1.165) is 7.11 Å². The van der Waals surface area contributed by atoms with Gasteiger partial charge in [0.2, 0.25) is 5.91 Å². The summed E-state index contributed by atoms with van der Waals surface area (Å²) in [5.74, 6) is -1.40. The second kappa shape index (κ2) is 9.31. The Bertz CT molecular complexity index is 419. The Morgan fingerprint density at radius 1 is 1.26 bits per heavy atom. The molecule has 134 valence electrons. The van der Waals surface area contributed by atoms with E-state index in [0.29, 0.717) is 0 Å². The highest BCUT2D eigenvalue weighted by molar-refractivity contribution is 5.87. The SMILES string of the molecule is COC(=O)[C@@H](NC(=O)[C@@H](N)CCNC(=O)OC(C)(C)C)[C@@H](C)O. The van der Waals surface area contributed by atoms with Gasteiger partial charge in [-0.05, 0) is 34.1 Å². The van der Waals surface area contributed by atoms with Crippen molar-refractivity contribution in [3.8, 4) is 0 Å². The summed E-state index contributed by atoms with van der Waals surface area (Å²) in [6.07, 6.45) is -1.60. The van der Waals surface area contributed by atoms with Crippen molar-refractivity contribution in [2.24, 2.45) is 5.73 Å². The third-order valence-corrected chi connectivity index (χ3v) is 2.70. The summed E-state index contributed by atoms with van der Waals surface area (Å²) in [5.41, 5.74) is 5.07. The number of aliphatic hydroxyl groups is 1. The Balaban J connectivity index is 4.30. The lowest BCUT2D eigenvalue weighted by atomic mass is 10.1. The number of nitrogens with two attached hydrogens (primary N) is 1. The van der Waals surface area contributed by atoms with E-state index in [1.54, 1.807) is 20.8 Å². The largest absolute Gasteiger partial charge is 0.467 e. The van der Waals surface area contributed by atoms with Crippen molar-refractivity contribution in [1.82, 2.24) is 10.6 Å². The first-order valence-corrected chi connectivity index (χ1v) is 7.26. The highest BCUT2D eigenvalue weighted by atomic mass is 16.6. The van der Waals surface area contributed by atoms with Crippen LogP contribution in [-0.2, 0) is 19.1 Å². The van der Waals surface area contributed by atoms with Gasteiger partial charge in [0.15, 0.2) is 6.04 Å². The van der Waals surface area contributed by atoms with Crippen LogP contribution in [0.5, 0.6) is 0 Å². The minimum atomic E-state index is -1.20. The molecule has 9 heteroatoms. The Kier molecular flexibility index (Phi) is 8.55. The molecule has 0 aromatic carbocycles. The molecule has 9 nitrogen and oxygen atoms in total. The molecule has 0 aromatic rings. The average molecular weight is 333 g/mol. The lowest BCUT2D eigenvalue weighted by Crippen LogP contribution is -2.53. The molecule has 0 saturated heterocycles. The first kappa shape index (κ1) is 21.1. The molecule has 0 aliphatic rings. The molecule has 3 atom stereocenters. The number of rotatable bonds is 7. The highest BCUT2D eigenvalue weighted by Gasteiger charge is 2.28. The number of hydrogen-bond donors (Lipinski definition) is 4. The van der Waals surface area contributed by atoms with E-state index in [4.69, 9.17) is 10.5 Å². The van der Waals surface area contributed by atoms with Crippen LogP contribution >= 0.6 is 0 Å². The van der Waals surface area contributed by atoms with Crippen LogP contribution < -0.4 is 16.4 Å². The Morgan fingerprint density at radius 3 is 2.26 bits per heavy atom. The van der Waals surface area contributed by atoms with Crippen LogP contribution in [0.25, 0.3) is 0 Å². The average Bonchev–Trinajstić information content (AvgIpc) is 2.41. The Hall–Kier alpha value is -1.87. The van der Waals surface area contributed by atoms with E-state index in [1.165, 1.54) is 6.92 Å². The molecule has 0 radical (unpaired) electrons. The minimum absolute atomic E-state index is 0.126. The number of nitrogens with one attached hydrogen (secondary N) is 2. The van der Waals surface area contributed by atoms with Crippen molar-refractivity contribution in [3.63, 3.8) is 0 Å². The third kappa shape index (κ3) is 8.99. The van der Waals surface area contributed by atoms with Gasteiger partial charge in [0.05, 0.1) is 19.3 Å². The minimum Gasteiger partial charge on any atom is -0.467 e. The highest BCUT2D eigenvalue weighted by Crippen LogP contribution is 2.06. The van der Waals surface area contributed by atoms with Crippen molar-refractivity contribution in [2.45, 2.75) is 57.9 Å². The van der Waals surface area contributed by atoms with Crippen molar-refractivity contribution in [2.75, 3.05) is 13.7 Å². The summed E-state index contributed by atoms with van der Waals surface area (Å²) in [4.78, 5) is 34.8. The van der Waals surface area contributed by atoms with E-state index in [9.17, 15) is 19.5 Å². The molecule has 0 rings (SSSR count). The molecule has 0 unspecified atom stereocenters. The summed E-state index contributed by atoms with van der Waals surface area (Å²) in [6, 6.07) is -2.16. The number of ether oxygens (including phenoxy) is 2. The first-order valence-electron chi connectivity index (χ1n) is 7.26. The van der Waals surface area contributed by atoms with E-state index in [-0.39, 0.29) is 13.0 Å². The lowest BCUT2D eigenvalue weighted by Gasteiger charge is -2.22. The third-order valence-electron chi connectivity index (χ3n) is 2.70. The molecule has 0 saturated carbocycles. The van der Waals surface area contributed by atoms with E-state index in [2.05, 4.69) is 15.4 Å². The summed E-state index contributed by atoms with van der Waals surface area (Å²) in [5, 5.41) is 14.3. The predicted octanol–water partition coefficient (Wildman–Crippen LogP) is -0.733. The lowest BCUT2D eigenvalue weighted by molar-refractivity contribution is -0.148. The predicted molar refractivity (Wildman–Crippen MR) is 82.5 cm³/mol. The molecule has 0 aliphatic carbocycles. The Labute approximate surface area is 135 Å². The van der Waals surface area contributed by atoms with Gasteiger partial charge in [-0.25, -0.2) is 9.59 Å². The molecular formula is C14H27N3O6. The smallest absolute Gasteiger partial charge is 0.407 e. The molecular weight excluding hydrogens is 306 g/mol. The summed E-state index contributed by atoms with van der Waals surface area (Å²) in [7, 11) is 1.15. The van der Waals surface area contributed by atoms with E-state index in [1.807, 2.05) is 0 Å². The normalized spacial score (nSPS) is 15.1. The van der Waals surface area contributed by atoms with Crippen LogP contribution in [0.3, 0.4) is 0 Å². The van der Waals surface area contributed by atoms with Gasteiger partial charge in [-0.1, -0.05) is 0 Å². The zero-order valence-corrected chi connectivity index (χ0v) is 14.2. The van der Waals surface area contributed by atoms with E-state index >= 15 is 0 Å². The molecule has 2 amide bonds. The Morgan fingerprint density at radius 2 is 1.83 bits per heavy atom. The fraction of sp³-hybridized carbons (Fsp3) is 0.786. The topological polar surface area (TPSA) is 140 Å². The van der Waals surface area contributed by atoms with Gasteiger partial charge in [-0.15, -0.1) is 0 Å². The van der Waals surface area contributed by atoms with Gasteiger partial charge >= 0.3 is 12.1 Å². The number of methoxy groups -OCH3 is 1. The van der Waals surface area contributed by atoms with Crippen LogP contribution in [0.1, 0.15) is 34.1 Å². The number of carbonyl (C=O) groups excluding carboxylic acids is 3. The summed E-state index contributed by atoms with van der Waals surface area (Å²) < 4.78 is 9.52. The van der Waals surface area contributed by atoms with E-state index < -0.39 is 41.8 Å². The van der Waals surface area contributed by atoms with Gasteiger partial charge in [-0.2, -0.15) is 0 Å². The zero-order chi connectivity index (χ0) is 18.2. The molecule has 0 spiro atoms. The molecule has 23 heavy (non-hydrogen) atoms. The molecule has 5 N–H and O–H groups in total. The van der Waals surface area contributed by atoms with Crippen molar-refractivity contribution < 1.29 is 29.0 Å². The monoisotopic (exact) mass is 333 g/mol. The molecule has 0 aromatic heterocycles. The maximum Gasteiger partial charge on any atom is 0.407 e. The fourth-order valence-electron chi connectivity index (χ4n) is 1.54. The first-order chi connectivity index (χ1) is 10.5. The number of esters is 1. The van der Waals surface area contributed by atoms with Gasteiger partial charge < -0.3 is 30.9 Å². The number of carbonyl (C=O) groups is 3. The zero-order valence-electron chi connectivity index (χ0n) is 14.2. The number of alkyl carbamates (subject to hydrolysis) is 1. The number of aliphatic hydroxyl groups excluding tert-OH is 1. The molecule has 0 fully saturated rings. The summed E-state index contributed by atoms with van der Waals surface area (Å²) in [6.45, 7) is 6.66. The van der Waals surface area contributed by atoms with Crippen molar-refractivity contribution in [3.05, 3.63) is 0 Å².